The zero-order chi connectivity index (χ0) is 22.3. The van der Waals surface area contributed by atoms with Gasteiger partial charge in [0.15, 0.2) is 0 Å². The molecule has 0 spiro atoms. The molecule has 0 radical (unpaired) electrons. The van der Waals surface area contributed by atoms with E-state index in [1.165, 1.54) is 6.07 Å². The molecule has 6 nitrogen and oxygen atoms in total. The Balaban J connectivity index is 1.87. The summed E-state index contributed by atoms with van der Waals surface area (Å²) >= 11 is 0. The van der Waals surface area contributed by atoms with Gasteiger partial charge in [-0.25, -0.2) is 0 Å². The van der Waals surface area contributed by atoms with E-state index >= 15 is 0 Å². The first kappa shape index (κ1) is 21.5. The van der Waals surface area contributed by atoms with Gasteiger partial charge in [-0.05, 0) is 42.7 Å². The average molecular weight is 428 g/mol. The molecule has 0 unspecified atom stereocenters. The molecule has 1 aromatic heterocycles. The molecule has 0 bridgehead atoms. The van der Waals surface area contributed by atoms with Crippen molar-refractivity contribution in [2.24, 2.45) is 0 Å². The number of rotatable bonds is 8. The van der Waals surface area contributed by atoms with Crippen LogP contribution >= 0.6 is 0 Å². The van der Waals surface area contributed by atoms with Gasteiger partial charge in [-0.15, -0.1) is 0 Å². The van der Waals surface area contributed by atoms with Crippen LogP contribution in [0.4, 0.5) is 11.4 Å². The number of pyridine rings is 1. The van der Waals surface area contributed by atoms with E-state index in [2.05, 4.69) is 10.3 Å². The summed E-state index contributed by atoms with van der Waals surface area (Å²) in [6.45, 7) is 0. The van der Waals surface area contributed by atoms with Crippen LogP contribution in [0.25, 0.3) is 0 Å². The number of benzene rings is 2. The van der Waals surface area contributed by atoms with E-state index in [-0.39, 0.29) is 10.6 Å². The van der Waals surface area contributed by atoms with Crippen molar-refractivity contribution in [3.63, 3.8) is 0 Å². The van der Waals surface area contributed by atoms with Gasteiger partial charge in [-0.1, -0.05) is 60.7 Å². The standard InChI is InChI=1S/C26H25N3O3/c30-26(19-11-3-1-4-12-19)24(22-16-9-10-18-27-22)25(28-20-13-5-2-6-14-20)21-15-7-8-17-23(21)29(31)32/h2-3,5-18,24-26,28,30H,1,4H2/t24-,25+,26-/m0/s1. The number of nitro groups is 1. The molecule has 162 valence electrons. The number of anilines is 1. The Morgan fingerprint density at radius 3 is 2.41 bits per heavy atom. The molecule has 0 amide bonds. The number of allylic oxidation sites excluding steroid dienone is 2. The third kappa shape index (κ3) is 4.76. The Bertz CT molecular complexity index is 1110. The molecule has 3 aromatic rings. The minimum atomic E-state index is -0.900. The van der Waals surface area contributed by atoms with E-state index in [1.807, 2.05) is 66.8 Å². The topological polar surface area (TPSA) is 88.3 Å². The Morgan fingerprint density at radius 1 is 0.969 bits per heavy atom. The smallest absolute Gasteiger partial charge is 0.274 e. The van der Waals surface area contributed by atoms with E-state index in [4.69, 9.17) is 0 Å². The van der Waals surface area contributed by atoms with Crippen molar-refractivity contribution in [3.05, 3.63) is 124 Å². The summed E-state index contributed by atoms with van der Waals surface area (Å²) in [5, 5.41) is 26.9. The van der Waals surface area contributed by atoms with Gasteiger partial charge in [0, 0.05) is 23.6 Å². The third-order valence-corrected chi connectivity index (χ3v) is 5.66. The van der Waals surface area contributed by atoms with Gasteiger partial charge in [0.2, 0.25) is 0 Å². The number of para-hydroxylation sites is 2. The second-order valence-corrected chi connectivity index (χ2v) is 7.71. The van der Waals surface area contributed by atoms with E-state index < -0.39 is 18.1 Å². The fraction of sp³-hybridized carbons (Fsp3) is 0.192. The lowest BCUT2D eigenvalue weighted by atomic mass is 9.81. The molecule has 6 heteroatoms. The van der Waals surface area contributed by atoms with Gasteiger partial charge in [-0.3, -0.25) is 15.1 Å². The first-order valence-corrected chi connectivity index (χ1v) is 10.7. The summed E-state index contributed by atoms with van der Waals surface area (Å²) in [6.07, 6.45) is 8.56. The van der Waals surface area contributed by atoms with Crippen LogP contribution < -0.4 is 5.32 Å². The minimum Gasteiger partial charge on any atom is -0.388 e. The minimum absolute atomic E-state index is 0.00206. The Hall–Kier alpha value is -3.77. The molecule has 2 aromatic carbocycles. The summed E-state index contributed by atoms with van der Waals surface area (Å²) in [4.78, 5) is 16.0. The highest BCUT2D eigenvalue weighted by Crippen LogP contribution is 2.41. The van der Waals surface area contributed by atoms with E-state index in [0.717, 1.165) is 24.1 Å². The van der Waals surface area contributed by atoms with Crippen LogP contribution in [0.15, 0.2) is 103 Å². The van der Waals surface area contributed by atoms with Gasteiger partial charge in [-0.2, -0.15) is 0 Å². The van der Waals surface area contributed by atoms with Crippen LogP contribution in [0.3, 0.4) is 0 Å². The maximum absolute atomic E-state index is 11.9. The normalized spacial score (nSPS) is 16.0. The number of hydrogen-bond donors (Lipinski definition) is 2. The third-order valence-electron chi connectivity index (χ3n) is 5.66. The monoisotopic (exact) mass is 427 g/mol. The summed E-state index contributed by atoms with van der Waals surface area (Å²) in [6, 6.07) is 21.1. The molecule has 0 saturated carbocycles. The average Bonchev–Trinajstić information content (AvgIpc) is 2.85. The van der Waals surface area contributed by atoms with Crippen LogP contribution in [0.1, 0.15) is 36.1 Å². The van der Waals surface area contributed by atoms with Crippen molar-refractivity contribution in [1.82, 2.24) is 4.98 Å². The Labute approximate surface area is 187 Å². The Kier molecular flexibility index (Phi) is 6.72. The summed E-state index contributed by atoms with van der Waals surface area (Å²) in [5.41, 5.74) is 2.76. The van der Waals surface area contributed by atoms with Crippen LogP contribution in [0.5, 0.6) is 0 Å². The SMILES string of the molecule is O=[N+]([O-])c1ccccc1[C@@H](Nc1ccccc1)[C@H](c1ccccn1)[C@@H](O)C1=CCCC=C1. The molecule has 0 saturated heterocycles. The highest BCUT2D eigenvalue weighted by Gasteiger charge is 2.37. The van der Waals surface area contributed by atoms with Crippen molar-refractivity contribution in [2.45, 2.75) is 30.9 Å². The number of nitro benzene ring substituents is 1. The number of aliphatic hydroxyl groups is 1. The van der Waals surface area contributed by atoms with E-state index in [0.29, 0.717) is 11.3 Å². The molecule has 0 fully saturated rings. The number of nitrogens with one attached hydrogen (secondary N) is 1. The zero-order valence-electron chi connectivity index (χ0n) is 17.5. The van der Waals surface area contributed by atoms with Crippen LogP contribution in [0, 0.1) is 10.1 Å². The maximum atomic E-state index is 11.9. The lowest BCUT2D eigenvalue weighted by Gasteiger charge is -2.33. The summed E-state index contributed by atoms with van der Waals surface area (Å²) < 4.78 is 0. The molecule has 2 N–H and O–H groups in total. The quantitative estimate of drug-likeness (QED) is 0.363. The number of aromatic nitrogens is 1. The first-order chi connectivity index (χ1) is 15.6. The van der Waals surface area contributed by atoms with E-state index in [1.54, 1.807) is 24.4 Å². The fourth-order valence-electron chi connectivity index (χ4n) is 4.14. The van der Waals surface area contributed by atoms with Crippen molar-refractivity contribution in [1.29, 1.82) is 0 Å². The van der Waals surface area contributed by atoms with E-state index in [9.17, 15) is 15.2 Å². The molecular weight excluding hydrogens is 402 g/mol. The van der Waals surface area contributed by atoms with Gasteiger partial charge in [0.1, 0.15) is 0 Å². The predicted octanol–water partition coefficient (Wildman–Crippen LogP) is 5.56. The molecule has 1 heterocycles. The van der Waals surface area contributed by atoms with Crippen molar-refractivity contribution < 1.29 is 10.0 Å². The maximum Gasteiger partial charge on any atom is 0.274 e. The van der Waals surface area contributed by atoms with Crippen LogP contribution in [-0.4, -0.2) is 21.1 Å². The molecule has 3 atom stereocenters. The number of aliphatic hydroxyl groups excluding tert-OH is 1. The summed E-state index contributed by atoms with van der Waals surface area (Å²) in [7, 11) is 0. The molecule has 32 heavy (non-hydrogen) atoms. The number of hydrogen-bond acceptors (Lipinski definition) is 5. The lowest BCUT2D eigenvalue weighted by Crippen LogP contribution is -2.31. The van der Waals surface area contributed by atoms with Crippen molar-refractivity contribution >= 4 is 11.4 Å². The Morgan fingerprint density at radius 2 is 1.72 bits per heavy atom. The highest BCUT2D eigenvalue weighted by molar-refractivity contribution is 5.52. The molecule has 0 aliphatic heterocycles. The second-order valence-electron chi connectivity index (χ2n) is 7.71. The number of nitrogens with zero attached hydrogens (tertiary/aromatic N) is 2. The van der Waals surface area contributed by atoms with Crippen LogP contribution in [0.2, 0.25) is 0 Å². The van der Waals surface area contributed by atoms with Gasteiger partial charge >= 0.3 is 0 Å². The summed E-state index contributed by atoms with van der Waals surface area (Å²) in [5.74, 6) is -0.563. The molecular formula is C26H25N3O3. The van der Waals surface area contributed by atoms with Crippen molar-refractivity contribution in [2.75, 3.05) is 5.32 Å². The highest BCUT2D eigenvalue weighted by atomic mass is 16.6. The first-order valence-electron chi connectivity index (χ1n) is 10.7. The molecule has 1 aliphatic carbocycles. The fourth-order valence-corrected chi connectivity index (χ4v) is 4.14. The van der Waals surface area contributed by atoms with Crippen molar-refractivity contribution in [3.8, 4) is 0 Å². The molecule has 4 rings (SSSR count). The zero-order valence-corrected chi connectivity index (χ0v) is 17.5. The van der Waals surface area contributed by atoms with Crippen LogP contribution in [-0.2, 0) is 0 Å². The second kappa shape index (κ2) is 10.0. The lowest BCUT2D eigenvalue weighted by molar-refractivity contribution is -0.385. The van der Waals surface area contributed by atoms with Gasteiger partial charge < -0.3 is 10.4 Å². The van der Waals surface area contributed by atoms with Gasteiger partial charge in [0.05, 0.1) is 28.6 Å². The largest absolute Gasteiger partial charge is 0.388 e. The van der Waals surface area contributed by atoms with Gasteiger partial charge in [0.25, 0.3) is 5.69 Å². The molecule has 1 aliphatic rings. The predicted molar refractivity (Wildman–Crippen MR) is 125 cm³/mol.